The van der Waals surface area contributed by atoms with Crippen LogP contribution in [-0.2, 0) is 0 Å². The summed E-state index contributed by atoms with van der Waals surface area (Å²) in [6.07, 6.45) is 1.64. The molecule has 0 atom stereocenters. The van der Waals surface area contributed by atoms with Crippen molar-refractivity contribution in [2.24, 2.45) is 0 Å². The van der Waals surface area contributed by atoms with E-state index in [1.807, 2.05) is 0 Å². The number of nitro benzene ring substituents is 1. The second-order valence-electron chi connectivity index (χ2n) is 5.57. The lowest BCUT2D eigenvalue weighted by molar-refractivity contribution is -0.384. The Labute approximate surface area is 172 Å². The van der Waals surface area contributed by atoms with Gasteiger partial charge in [0, 0.05) is 23.1 Å². The molecule has 1 heterocycles. The quantitative estimate of drug-likeness (QED) is 0.317. The van der Waals surface area contributed by atoms with E-state index in [0.29, 0.717) is 26.3 Å². The van der Waals surface area contributed by atoms with Crippen LogP contribution in [0, 0.1) is 21.4 Å². The van der Waals surface area contributed by atoms with Gasteiger partial charge >= 0.3 is 0 Å². The van der Waals surface area contributed by atoms with E-state index in [2.05, 4.69) is 27.0 Å². The predicted octanol–water partition coefficient (Wildman–Crippen LogP) is 5.26. The summed E-state index contributed by atoms with van der Waals surface area (Å²) in [5, 5.41) is 32.5. The highest BCUT2D eigenvalue weighted by molar-refractivity contribution is 9.10. The summed E-state index contributed by atoms with van der Waals surface area (Å²) in [5.41, 5.74) is 2.35. The van der Waals surface area contributed by atoms with Gasteiger partial charge in [0.25, 0.3) is 5.69 Å². The number of methoxy groups -OCH3 is 1. The molecule has 0 aliphatic heterocycles. The second-order valence-corrected chi connectivity index (χ2v) is 7.28. The van der Waals surface area contributed by atoms with E-state index in [1.165, 1.54) is 30.6 Å². The van der Waals surface area contributed by atoms with Gasteiger partial charge in [-0.2, -0.15) is 5.26 Å². The van der Waals surface area contributed by atoms with Crippen LogP contribution in [0.25, 0.3) is 22.9 Å². The van der Waals surface area contributed by atoms with E-state index >= 15 is 0 Å². The summed E-state index contributed by atoms with van der Waals surface area (Å²) in [7, 11) is 1.44. The smallest absolute Gasteiger partial charge is 0.269 e. The molecular weight excluding hydrogens is 446 g/mol. The molecule has 28 heavy (non-hydrogen) atoms. The van der Waals surface area contributed by atoms with E-state index in [4.69, 9.17) is 4.74 Å². The van der Waals surface area contributed by atoms with Gasteiger partial charge in [-0.3, -0.25) is 10.1 Å². The number of aromatic hydroxyl groups is 1. The van der Waals surface area contributed by atoms with Gasteiger partial charge in [-0.05, 0) is 51.8 Å². The van der Waals surface area contributed by atoms with Gasteiger partial charge in [-0.25, -0.2) is 4.98 Å². The van der Waals surface area contributed by atoms with Gasteiger partial charge in [-0.1, -0.05) is 0 Å². The maximum Gasteiger partial charge on any atom is 0.269 e. The van der Waals surface area contributed by atoms with Crippen LogP contribution < -0.4 is 4.74 Å². The van der Waals surface area contributed by atoms with Crippen LogP contribution in [0.3, 0.4) is 0 Å². The fourth-order valence-electron chi connectivity index (χ4n) is 2.43. The first kappa shape index (κ1) is 19.5. The topological polar surface area (TPSA) is 109 Å². The molecule has 0 radical (unpaired) electrons. The maximum atomic E-state index is 10.8. The first-order valence-electron chi connectivity index (χ1n) is 7.82. The average molecular weight is 458 g/mol. The summed E-state index contributed by atoms with van der Waals surface area (Å²) in [6.45, 7) is 0. The number of non-ortho nitro benzene ring substituents is 1. The molecule has 3 aromatic rings. The third-order valence-electron chi connectivity index (χ3n) is 3.81. The molecule has 0 bridgehead atoms. The molecule has 0 saturated carbocycles. The third-order valence-corrected chi connectivity index (χ3v) is 5.29. The molecule has 0 aliphatic carbocycles. The molecule has 1 aromatic heterocycles. The van der Waals surface area contributed by atoms with Crippen LogP contribution in [0.5, 0.6) is 11.5 Å². The third kappa shape index (κ3) is 4.03. The SMILES string of the molecule is COc1cc(C=C(C#N)c2nc(-c3ccc([N+](=O)[O-])cc3)cs2)cc(Br)c1O. The number of thiazole rings is 1. The Kier molecular flexibility index (Phi) is 5.73. The van der Waals surface area contributed by atoms with Crippen LogP contribution in [0.4, 0.5) is 5.69 Å². The van der Waals surface area contributed by atoms with Gasteiger partial charge in [0.2, 0.25) is 0 Å². The molecule has 140 valence electrons. The number of nitrogens with zero attached hydrogens (tertiary/aromatic N) is 3. The summed E-state index contributed by atoms with van der Waals surface area (Å²) in [5.74, 6) is 0.261. The monoisotopic (exact) mass is 457 g/mol. The standard InChI is InChI=1S/C19H12BrN3O4S/c1-27-17-8-11(7-15(20)18(17)24)6-13(9-21)19-22-16(10-28-19)12-2-4-14(5-3-12)23(25)26/h2-8,10,24H,1H3. The summed E-state index contributed by atoms with van der Waals surface area (Å²) in [4.78, 5) is 14.8. The van der Waals surface area contributed by atoms with E-state index < -0.39 is 4.92 Å². The van der Waals surface area contributed by atoms with Crippen LogP contribution in [0.15, 0.2) is 46.3 Å². The molecule has 3 rings (SSSR count). The number of phenols is 1. The Hall–Kier alpha value is -3.22. The van der Waals surface area contributed by atoms with Gasteiger partial charge in [-0.15, -0.1) is 11.3 Å². The highest BCUT2D eigenvalue weighted by Gasteiger charge is 2.13. The van der Waals surface area contributed by atoms with Gasteiger partial charge in [0.05, 0.1) is 27.8 Å². The summed E-state index contributed by atoms with van der Waals surface area (Å²) < 4.78 is 5.57. The number of hydrogen-bond donors (Lipinski definition) is 1. The molecule has 0 saturated heterocycles. The minimum Gasteiger partial charge on any atom is -0.503 e. The van der Waals surface area contributed by atoms with Crippen molar-refractivity contribution < 1.29 is 14.8 Å². The molecule has 0 spiro atoms. The van der Waals surface area contributed by atoms with E-state index in [-0.39, 0.29) is 17.2 Å². The molecule has 0 aliphatic rings. The van der Waals surface area contributed by atoms with Crippen molar-refractivity contribution >= 4 is 44.6 Å². The fraction of sp³-hybridized carbons (Fsp3) is 0.0526. The average Bonchev–Trinajstić information content (AvgIpc) is 3.18. The number of ether oxygens (including phenoxy) is 1. The van der Waals surface area contributed by atoms with Gasteiger partial charge in [0.15, 0.2) is 11.5 Å². The van der Waals surface area contributed by atoms with Gasteiger partial charge < -0.3 is 9.84 Å². The number of nitro groups is 1. The van der Waals surface area contributed by atoms with Crippen molar-refractivity contribution in [1.29, 1.82) is 5.26 Å². The number of allylic oxidation sites excluding steroid dienone is 1. The van der Waals surface area contributed by atoms with Crippen LogP contribution in [0.1, 0.15) is 10.6 Å². The molecule has 0 amide bonds. The molecule has 0 unspecified atom stereocenters. The Balaban J connectivity index is 1.94. The minimum absolute atomic E-state index is 0.00340. The first-order chi connectivity index (χ1) is 13.4. The lowest BCUT2D eigenvalue weighted by atomic mass is 10.1. The highest BCUT2D eigenvalue weighted by Crippen LogP contribution is 2.36. The molecule has 7 nitrogen and oxygen atoms in total. The number of phenolic OH excluding ortho intramolecular Hbond substituents is 1. The fourth-order valence-corrected chi connectivity index (χ4v) is 3.68. The van der Waals surface area contributed by atoms with Crippen molar-refractivity contribution in [3.05, 3.63) is 66.9 Å². The molecule has 0 fully saturated rings. The van der Waals surface area contributed by atoms with Crippen LogP contribution >= 0.6 is 27.3 Å². The summed E-state index contributed by atoms with van der Waals surface area (Å²) >= 11 is 4.55. The highest BCUT2D eigenvalue weighted by atomic mass is 79.9. The maximum absolute atomic E-state index is 10.8. The zero-order chi connectivity index (χ0) is 20.3. The lowest BCUT2D eigenvalue weighted by Crippen LogP contribution is -1.88. The number of aromatic nitrogens is 1. The second kappa shape index (κ2) is 8.21. The van der Waals surface area contributed by atoms with Crippen molar-refractivity contribution in [2.75, 3.05) is 7.11 Å². The largest absolute Gasteiger partial charge is 0.503 e. The van der Waals surface area contributed by atoms with E-state index in [0.717, 1.165) is 5.56 Å². The van der Waals surface area contributed by atoms with Crippen molar-refractivity contribution in [3.8, 4) is 28.8 Å². The van der Waals surface area contributed by atoms with Crippen molar-refractivity contribution in [1.82, 2.24) is 4.98 Å². The lowest BCUT2D eigenvalue weighted by Gasteiger charge is -2.06. The minimum atomic E-state index is -0.461. The Morgan fingerprint density at radius 1 is 1.39 bits per heavy atom. The summed E-state index contributed by atoms with van der Waals surface area (Å²) in [6, 6.07) is 11.5. The predicted molar refractivity (Wildman–Crippen MR) is 110 cm³/mol. The zero-order valence-electron chi connectivity index (χ0n) is 14.4. The molecule has 2 aromatic carbocycles. The molecule has 1 N–H and O–H groups in total. The van der Waals surface area contributed by atoms with Crippen LogP contribution in [-0.4, -0.2) is 22.1 Å². The zero-order valence-corrected chi connectivity index (χ0v) is 16.8. The van der Waals surface area contributed by atoms with Crippen molar-refractivity contribution in [2.45, 2.75) is 0 Å². The number of hydrogen-bond acceptors (Lipinski definition) is 7. The molecule has 9 heteroatoms. The Morgan fingerprint density at radius 3 is 2.71 bits per heavy atom. The number of benzene rings is 2. The van der Waals surface area contributed by atoms with Crippen LogP contribution in [0.2, 0.25) is 0 Å². The van der Waals surface area contributed by atoms with E-state index in [9.17, 15) is 20.5 Å². The number of nitriles is 1. The van der Waals surface area contributed by atoms with Gasteiger partial charge in [0.1, 0.15) is 11.1 Å². The van der Waals surface area contributed by atoms with Crippen molar-refractivity contribution in [3.63, 3.8) is 0 Å². The Bertz CT molecular complexity index is 1120. The Morgan fingerprint density at radius 2 is 2.11 bits per heavy atom. The van der Waals surface area contributed by atoms with E-state index in [1.54, 1.807) is 35.7 Å². The molecular formula is C19H12BrN3O4S. The first-order valence-corrected chi connectivity index (χ1v) is 9.49. The number of rotatable bonds is 5. The normalized spacial score (nSPS) is 11.1. The number of halogens is 1.